The van der Waals surface area contributed by atoms with Crippen molar-refractivity contribution in [1.29, 1.82) is 0 Å². The van der Waals surface area contributed by atoms with Crippen LogP contribution in [0, 0.1) is 5.82 Å². The molecular weight excluding hydrogens is 169 g/mol. The Balaban J connectivity index is 2.59. The minimum atomic E-state index is -0.279. The topological polar surface area (TPSA) is 30.7 Å². The quantitative estimate of drug-likeness (QED) is 0.662. The Kier molecular flexibility index (Phi) is 1.81. The Labute approximate surface area is 74.8 Å². The normalized spacial score (nSPS) is 10.3. The zero-order valence-electron chi connectivity index (χ0n) is 7.11. The van der Waals surface area contributed by atoms with Gasteiger partial charge < -0.3 is 4.57 Å². The number of halogens is 1. The molecular formula is C9H8FN3. The van der Waals surface area contributed by atoms with Crippen LogP contribution in [0.15, 0.2) is 30.6 Å². The molecule has 1 heterocycles. The van der Waals surface area contributed by atoms with Crippen LogP contribution in [0.1, 0.15) is 0 Å². The van der Waals surface area contributed by atoms with Gasteiger partial charge in [-0.2, -0.15) is 0 Å². The molecule has 0 bridgehead atoms. The van der Waals surface area contributed by atoms with Gasteiger partial charge in [-0.25, -0.2) is 4.39 Å². The highest BCUT2D eigenvalue weighted by Crippen LogP contribution is 2.18. The molecule has 0 saturated heterocycles. The SMILES string of the molecule is Cn1cnnc1-c1ccccc1F. The maximum Gasteiger partial charge on any atom is 0.166 e. The van der Waals surface area contributed by atoms with E-state index in [9.17, 15) is 4.39 Å². The van der Waals surface area contributed by atoms with Crippen molar-refractivity contribution in [3.05, 3.63) is 36.4 Å². The molecule has 1 aromatic carbocycles. The van der Waals surface area contributed by atoms with Crippen LogP contribution in [0.4, 0.5) is 4.39 Å². The van der Waals surface area contributed by atoms with E-state index in [1.807, 2.05) is 0 Å². The van der Waals surface area contributed by atoms with Crippen LogP contribution < -0.4 is 0 Å². The highest BCUT2D eigenvalue weighted by Gasteiger charge is 2.08. The van der Waals surface area contributed by atoms with Gasteiger partial charge >= 0.3 is 0 Å². The van der Waals surface area contributed by atoms with Crippen molar-refractivity contribution >= 4 is 0 Å². The second kappa shape index (κ2) is 2.97. The van der Waals surface area contributed by atoms with E-state index in [4.69, 9.17) is 0 Å². The molecule has 3 nitrogen and oxygen atoms in total. The summed E-state index contributed by atoms with van der Waals surface area (Å²) in [4.78, 5) is 0. The van der Waals surface area contributed by atoms with E-state index in [-0.39, 0.29) is 5.82 Å². The molecule has 0 N–H and O–H groups in total. The molecule has 2 rings (SSSR count). The van der Waals surface area contributed by atoms with Gasteiger partial charge in [0.25, 0.3) is 0 Å². The zero-order chi connectivity index (χ0) is 9.26. The van der Waals surface area contributed by atoms with Gasteiger partial charge in [0.15, 0.2) is 5.82 Å². The summed E-state index contributed by atoms with van der Waals surface area (Å²) >= 11 is 0. The van der Waals surface area contributed by atoms with Crippen molar-refractivity contribution in [2.75, 3.05) is 0 Å². The Hall–Kier alpha value is -1.71. The number of nitrogens with zero attached hydrogens (tertiary/aromatic N) is 3. The molecule has 0 spiro atoms. The lowest BCUT2D eigenvalue weighted by Crippen LogP contribution is -1.93. The molecule has 0 atom stereocenters. The van der Waals surface area contributed by atoms with Gasteiger partial charge in [-0.3, -0.25) is 0 Å². The third-order valence-electron chi connectivity index (χ3n) is 1.83. The molecule has 0 aliphatic rings. The Bertz CT molecular complexity index is 422. The molecule has 0 saturated carbocycles. The van der Waals surface area contributed by atoms with Crippen molar-refractivity contribution in [3.63, 3.8) is 0 Å². The smallest absolute Gasteiger partial charge is 0.166 e. The highest BCUT2D eigenvalue weighted by molar-refractivity contribution is 5.55. The summed E-state index contributed by atoms with van der Waals surface area (Å²) in [6, 6.07) is 6.51. The lowest BCUT2D eigenvalue weighted by Gasteiger charge is -2.00. The summed E-state index contributed by atoms with van der Waals surface area (Å²) < 4.78 is 14.9. The average Bonchev–Trinajstić information content (AvgIpc) is 2.52. The number of aryl methyl sites for hydroxylation is 1. The average molecular weight is 177 g/mol. The molecule has 4 heteroatoms. The van der Waals surface area contributed by atoms with Gasteiger partial charge in [-0.05, 0) is 12.1 Å². The predicted octanol–water partition coefficient (Wildman–Crippen LogP) is 1.62. The molecule has 0 fully saturated rings. The first-order chi connectivity index (χ1) is 6.29. The molecule has 66 valence electrons. The third kappa shape index (κ3) is 1.30. The number of aromatic nitrogens is 3. The van der Waals surface area contributed by atoms with Crippen LogP contribution in [0.25, 0.3) is 11.4 Å². The second-order valence-corrected chi connectivity index (χ2v) is 2.75. The minimum Gasteiger partial charge on any atom is -0.317 e. The van der Waals surface area contributed by atoms with Crippen LogP contribution >= 0.6 is 0 Å². The number of benzene rings is 1. The van der Waals surface area contributed by atoms with Crippen LogP contribution in [-0.2, 0) is 7.05 Å². The van der Waals surface area contributed by atoms with E-state index in [2.05, 4.69) is 10.2 Å². The molecule has 0 unspecified atom stereocenters. The summed E-state index contributed by atoms with van der Waals surface area (Å²) in [6.07, 6.45) is 1.54. The van der Waals surface area contributed by atoms with E-state index in [1.165, 1.54) is 6.07 Å². The fraction of sp³-hybridized carbons (Fsp3) is 0.111. The van der Waals surface area contributed by atoms with Crippen molar-refractivity contribution < 1.29 is 4.39 Å². The molecule has 0 amide bonds. The fourth-order valence-electron chi connectivity index (χ4n) is 1.17. The molecule has 2 aromatic rings. The maximum absolute atomic E-state index is 13.3. The first-order valence-electron chi connectivity index (χ1n) is 3.88. The number of hydrogen-bond donors (Lipinski definition) is 0. The highest BCUT2D eigenvalue weighted by atomic mass is 19.1. The van der Waals surface area contributed by atoms with Gasteiger partial charge in [0.05, 0.1) is 5.56 Å². The van der Waals surface area contributed by atoms with E-state index in [1.54, 1.807) is 36.1 Å². The van der Waals surface area contributed by atoms with Crippen molar-refractivity contribution in [2.45, 2.75) is 0 Å². The van der Waals surface area contributed by atoms with Gasteiger partial charge in [-0.15, -0.1) is 10.2 Å². The summed E-state index contributed by atoms with van der Waals surface area (Å²) in [5.74, 6) is 0.261. The summed E-state index contributed by atoms with van der Waals surface area (Å²) in [6.45, 7) is 0. The fourth-order valence-corrected chi connectivity index (χ4v) is 1.17. The second-order valence-electron chi connectivity index (χ2n) is 2.75. The van der Waals surface area contributed by atoms with Crippen LogP contribution in [-0.4, -0.2) is 14.8 Å². The lowest BCUT2D eigenvalue weighted by molar-refractivity contribution is 0.628. The maximum atomic E-state index is 13.3. The molecule has 0 aliphatic heterocycles. The van der Waals surface area contributed by atoms with Crippen molar-refractivity contribution in [3.8, 4) is 11.4 Å². The summed E-state index contributed by atoms with van der Waals surface area (Å²) in [5.41, 5.74) is 0.475. The molecule has 13 heavy (non-hydrogen) atoms. The predicted molar refractivity (Wildman–Crippen MR) is 46.4 cm³/mol. The van der Waals surface area contributed by atoms with E-state index in [0.717, 1.165) is 0 Å². The van der Waals surface area contributed by atoms with Crippen LogP contribution in [0.5, 0.6) is 0 Å². The Morgan fingerprint density at radius 2 is 2.08 bits per heavy atom. The lowest BCUT2D eigenvalue weighted by atomic mass is 10.2. The van der Waals surface area contributed by atoms with Crippen molar-refractivity contribution in [1.82, 2.24) is 14.8 Å². The van der Waals surface area contributed by atoms with Crippen LogP contribution in [0.2, 0.25) is 0 Å². The first kappa shape index (κ1) is 7.91. The standard InChI is InChI=1S/C9H8FN3/c1-13-6-11-12-9(13)7-4-2-3-5-8(7)10/h2-6H,1H3. The number of hydrogen-bond acceptors (Lipinski definition) is 2. The van der Waals surface area contributed by atoms with Gasteiger partial charge in [0.2, 0.25) is 0 Å². The largest absolute Gasteiger partial charge is 0.317 e. The molecule has 1 aromatic heterocycles. The monoisotopic (exact) mass is 177 g/mol. The van der Waals surface area contributed by atoms with Crippen molar-refractivity contribution in [2.24, 2.45) is 7.05 Å². The van der Waals surface area contributed by atoms with Gasteiger partial charge in [0.1, 0.15) is 12.1 Å². The minimum absolute atomic E-state index is 0.279. The van der Waals surface area contributed by atoms with E-state index < -0.39 is 0 Å². The molecule has 0 radical (unpaired) electrons. The molecule has 0 aliphatic carbocycles. The summed E-state index contributed by atoms with van der Waals surface area (Å²) in [7, 11) is 1.78. The third-order valence-corrected chi connectivity index (χ3v) is 1.83. The Morgan fingerprint density at radius 1 is 1.31 bits per heavy atom. The first-order valence-corrected chi connectivity index (χ1v) is 3.88. The van der Waals surface area contributed by atoms with Crippen LogP contribution in [0.3, 0.4) is 0 Å². The zero-order valence-corrected chi connectivity index (χ0v) is 7.11. The summed E-state index contributed by atoms with van der Waals surface area (Å²) in [5, 5.41) is 7.51. The Morgan fingerprint density at radius 3 is 2.69 bits per heavy atom. The van der Waals surface area contributed by atoms with E-state index in [0.29, 0.717) is 11.4 Å². The van der Waals surface area contributed by atoms with Gasteiger partial charge in [0, 0.05) is 7.05 Å². The number of rotatable bonds is 1. The van der Waals surface area contributed by atoms with Gasteiger partial charge in [-0.1, -0.05) is 12.1 Å². The van der Waals surface area contributed by atoms with E-state index >= 15 is 0 Å².